The molecule has 3 aromatic rings. The summed E-state index contributed by atoms with van der Waals surface area (Å²) in [4.78, 5) is 21.5. The summed E-state index contributed by atoms with van der Waals surface area (Å²) < 4.78 is 53.8. The Labute approximate surface area is 220 Å². The van der Waals surface area contributed by atoms with Gasteiger partial charge >= 0.3 is 0 Å². The van der Waals surface area contributed by atoms with E-state index in [2.05, 4.69) is 9.97 Å². The average Bonchev–Trinajstić information content (AvgIpc) is 3.47. The molecule has 2 aliphatic rings. The van der Waals surface area contributed by atoms with Crippen molar-refractivity contribution < 1.29 is 27.1 Å². The van der Waals surface area contributed by atoms with Gasteiger partial charge in [0, 0.05) is 11.6 Å². The number of halogens is 1. The quantitative estimate of drug-likeness (QED) is 0.413. The van der Waals surface area contributed by atoms with Crippen molar-refractivity contribution in [1.29, 1.82) is 0 Å². The maximum Gasteiger partial charge on any atom is 0.281 e. The predicted molar refractivity (Wildman–Crippen MR) is 139 cm³/mol. The molecule has 9 nitrogen and oxygen atoms in total. The number of benzene rings is 1. The molecule has 2 aromatic heterocycles. The third-order valence-corrected chi connectivity index (χ3v) is 7.81. The van der Waals surface area contributed by atoms with Crippen LogP contribution in [0.1, 0.15) is 43.5 Å². The van der Waals surface area contributed by atoms with E-state index in [1.165, 1.54) is 48.9 Å². The number of sulfonamides is 1. The van der Waals surface area contributed by atoms with Gasteiger partial charge in [-0.15, -0.1) is 0 Å². The van der Waals surface area contributed by atoms with E-state index in [0.29, 0.717) is 35.4 Å². The Morgan fingerprint density at radius 3 is 2.58 bits per heavy atom. The zero-order chi connectivity index (χ0) is 27.0. The summed E-state index contributed by atoms with van der Waals surface area (Å²) in [5, 5.41) is -0.387. The normalized spacial score (nSPS) is 20.2. The number of hydrogen-bond acceptors (Lipinski definition) is 8. The minimum absolute atomic E-state index is 0.00185. The number of carbonyl (C=O) groups excluding carboxylic acids is 1. The van der Waals surface area contributed by atoms with Gasteiger partial charge in [0.15, 0.2) is 5.03 Å². The third kappa shape index (κ3) is 5.88. The number of nitrogen functional groups attached to an aromatic ring is 1. The van der Waals surface area contributed by atoms with Crippen LogP contribution in [0.25, 0.3) is 11.3 Å². The molecular weight excluding hydrogens is 511 g/mol. The van der Waals surface area contributed by atoms with Crippen LogP contribution >= 0.6 is 0 Å². The number of rotatable bonds is 9. The van der Waals surface area contributed by atoms with Gasteiger partial charge in [0.25, 0.3) is 15.9 Å². The van der Waals surface area contributed by atoms with E-state index in [-0.39, 0.29) is 34.3 Å². The van der Waals surface area contributed by atoms with E-state index in [1.807, 2.05) is 18.6 Å². The minimum atomic E-state index is -4.30. The Bertz CT molecular complexity index is 1470. The first-order valence-corrected chi connectivity index (χ1v) is 14.0. The second-order valence-electron chi connectivity index (χ2n) is 10.2. The van der Waals surface area contributed by atoms with Crippen LogP contribution in [0.15, 0.2) is 53.6 Å². The summed E-state index contributed by atoms with van der Waals surface area (Å²) in [6.07, 6.45) is 2.72. The molecule has 0 radical (unpaired) electrons. The van der Waals surface area contributed by atoms with E-state index in [1.54, 1.807) is 6.07 Å². The van der Waals surface area contributed by atoms with Crippen molar-refractivity contribution in [3.05, 3.63) is 59.9 Å². The largest absolute Gasteiger partial charge is 0.493 e. The number of nitrogens with zero attached hydrogens (tertiary/aromatic N) is 2. The maximum atomic E-state index is 14.4. The molecule has 0 aliphatic heterocycles. The highest BCUT2D eigenvalue weighted by molar-refractivity contribution is 7.90. The van der Waals surface area contributed by atoms with E-state index in [0.717, 1.165) is 12.8 Å². The summed E-state index contributed by atoms with van der Waals surface area (Å²) in [6.45, 7) is 4.40. The lowest BCUT2D eigenvalue weighted by Gasteiger charge is -2.18. The zero-order valence-corrected chi connectivity index (χ0v) is 21.9. The van der Waals surface area contributed by atoms with Gasteiger partial charge in [0.1, 0.15) is 29.1 Å². The molecule has 11 heteroatoms. The van der Waals surface area contributed by atoms with Crippen LogP contribution in [-0.2, 0) is 10.0 Å². The number of pyridine rings is 2. The Balaban J connectivity index is 1.46. The Kier molecular flexibility index (Phi) is 6.95. The number of amides is 1. The van der Waals surface area contributed by atoms with Crippen molar-refractivity contribution in [2.24, 2.45) is 17.8 Å². The Hall–Kier alpha value is -3.73. The van der Waals surface area contributed by atoms with Gasteiger partial charge in [-0.3, -0.25) is 4.79 Å². The number of fused-ring (bicyclic) bond motifs is 1. The first-order chi connectivity index (χ1) is 18.1. The standard InChI is InChI=1S/C27H29FN4O5S/c1-15(2)14-36-20-12-18(9-19(28)13-20)23-7-6-22(27(30-23)37-21-10-16-8-17(16)11-21)26(33)32-38(34,35)25-5-3-4-24(29)31-25/h3-7,9,12-13,15-17,21H,8,10-11,14H2,1-2H3,(H2,29,31)(H,32,33). The van der Waals surface area contributed by atoms with E-state index in [4.69, 9.17) is 15.2 Å². The van der Waals surface area contributed by atoms with Crippen LogP contribution in [0.4, 0.5) is 10.2 Å². The number of nitrogens with two attached hydrogens (primary N) is 1. The van der Waals surface area contributed by atoms with Crippen LogP contribution in [0, 0.1) is 23.6 Å². The molecule has 2 aliphatic carbocycles. The lowest BCUT2D eigenvalue weighted by atomic mass is 10.1. The number of aromatic nitrogens is 2. The van der Waals surface area contributed by atoms with Crippen molar-refractivity contribution in [3.63, 3.8) is 0 Å². The smallest absolute Gasteiger partial charge is 0.281 e. The summed E-state index contributed by atoms with van der Waals surface area (Å²) >= 11 is 0. The van der Waals surface area contributed by atoms with Crippen LogP contribution in [0.2, 0.25) is 0 Å². The first-order valence-electron chi connectivity index (χ1n) is 12.5. The van der Waals surface area contributed by atoms with Crippen molar-refractivity contribution in [2.75, 3.05) is 12.3 Å². The molecule has 5 rings (SSSR count). The number of carbonyl (C=O) groups is 1. The van der Waals surface area contributed by atoms with Crippen molar-refractivity contribution >= 4 is 21.7 Å². The molecule has 1 amide bonds. The second kappa shape index (κ2) is 10.2. The van der Waals surface area contributed by atoms with E-state index < -0.39 is 21.7 Å². The molecular formula is C27H29FN4O5S. The Morgan fingerprint density at radius 1 is 1.11 bits per heavy atom. The lowest BCUT2D eigenvalue weighted by molar-refractivity contribution is 0.0971. The van der Waals surface area contributed by atoms with Crippen molar-refractivity contribution in [2.45, 2.75) is 44.2 Å². The fraction of sp³-hybridized carbons (Fsp3) is 0.370. The Morgan fingerprint density at radius 2 is 1.87 bits per heavy atom. The zero-order valence-electron chi connectivity index (χ0n) is 21.1. The highest BCUT2D eigenvalue weighted by Gasteiger charge is 2.47. The fourth-order valence-electron chi connectivity index (χ4n) is 4.64. The maximum absolute atomic E-state index is 14.4. The fourth-order valence-corrected chi connectivity index (χ4v) is 5.59. The SMILES string of the molecule is CC(C)COc1cc(F)cc(-c2ccc(C(=O)NS(=O)(=O)c3cccc(N)n3)c(OC3CC4CC4C3)n2)c1. The molecule has 2 heterocycles. The molecule has 0 bridgehead atoms. The summed E-state index contributed by atoms with van der Waals surface area (Å²) in [6, 6.07) is 11.3. The molecule has 2 unspecified atom stereocenters. The number of anilines is 1. The minimum Gasteiger partial charge on any atom is -0.493 e. The number of hydrogen-bond donors (Lipinski definition) is 2. The molecule has 0 saturated heterocycles. The van der Waals surface area contributed by atoms with Gasteiger partial charge in [0.05, 0.1) is 12.3 Å². The number of ether oxygens (including phenoxy) is 2. The number of nitrogens with one attached hydrogen (secondary N) is 1. The lowest BCUT2D eigenvalue weighted by Crippen LogP contribution is -2.32. The molecule has 2 atom stereocenters. The first kappa shape index (κ1) is 25.9. The molecule has 0 spiro atoms. The highest BCUT2D eigenvalue weighted by atomic mass is 32.2. The predicted octanol–water partition coefficient (Wildman–Crippen LogP) is 4.20. The van der Waals surface area contributed by atoms with Crippen LogP contribution in [-0.4, -0.2) is 37.0 Å². The van der Waals surface area contributed by atoms with Gasteiger partial charge in [-0.05, 0) is 73.4 Å². The van der Waals surface area contributed by atoms with Crippen LogP contribution in [0.5, 0.6) is 11.6 Å². The topological polar surface area (TPSA) is 134 Å². The summed E-state index contributed by atoms with van der Waals surface area (Å²) in [7, 11) is -4.30. The summed E-state index contributed by atoms with van der Waals surface area (Å²) in [5.74, 6) is 0.401. The van der Waals surface area contributed by atoms with E-state index in [9.17, 15) is 17.6 Å². The van der Waals surface area contributed by atoms with Crippen molar-refractivity contribution in [3.8, 4) is 22.9 Å². The van der Waals surface area contributed by atoms with Crippen LogP contribution in [0.3, 0.4) is 0 Å². The summed E-state index contributed by atoms with van der Waals surface area (Å²) in [5.41, 5.74) is 6.33. The van der Waals surface area contributed by atoms with Gasteiger partial charge in [0.2, 0.25) is 5.88 Å². The third-order valence-electron chi connectivity index (χ3n) is 6.58. The van der Waals surface area contributed by atoms with E-state index >= 15 is 0 Å². The molecule has 3 N–H and O–H groups in total. The monoisotopic (exact) mass is 540 g/mol. The van der Waals surface area contributed by atoms with Gasteiger partial charge < -0.3 is 15.2 Å². The molecule has 1 aromatic carbocycles. The second-order valence-corrected chi connectivity index (χ2v) is 11.9. The molecule has 2 fully saturated rings. The molecule has 38 heavy (non-hydrogen) atoms. The molecule has 2 saturated carbocycles. The molecule has 200 valence electrons. The van der Waals surface area contributed by atoms with Gasteiger partial charge in [-0.25, -0.2) is 19.1 Å². The highest BCUT2D eigenvalue weighted by Crippen LogP contribution is 2.52. The average molecular weight is 541 g/mol. The van der Waals surface area contributed by atoms with Crippen molar-refractivity contribution in [1.82, 2.24) is 14.7 Å². The van der Waals surface area contributed by atoms with Crippen LogP contribution < -0.4 is 19.9 Å². The van der Waals surface area contributed by atoms with Gasteiger partial charge in [-0.1, -0.05) is 19.9 Å². The van der Waals surface area contributed by atoms with Gasteiger partial charge in [-0.2, -0.15) is 8.42 Å².